The molecule has 2 fully saturated rings. The van der Waals surface area contributed by atoms with E-state index in [1.165, 1.54) is 0 Å². The van der Waals surface area contributed by atoms with Crippen molar-refractivity contribution in [3.05, 3.63) is 16.7 Å². The van der Waals surface area contributed by atoms with Gasteiger partial charge in [-0.2, -0.15) is 4.98 Å². The number of rotatable bonds is 3. The molecule has 4 rings (SSSR count). The van der Waals surface area contributed by atoms with Crippen molar-refractivity contribution in [1.82, 2.24) is 19.5 Å². The lowest BCUT2D eigenvalue weighted by Gasteiger charge is -2.37. The number of nitrogens with one attached hydrogen (secondary N) is 1. The van der Waals surface area contributed by atoms with E-state index >= 15 is 0 Å². The smallest absolute Gasteiger partial charge is 0.280 e. The highest BCUT2D eigenvalue weighted by Gasteiger charge is 2.57. The number of nitrogens with zero attached hydrogens (tertiary/aromatic N) is 3. The van der Waals surface area contributed by atoms with E-state index < -0.39 is 0 Å². The molecule has 2 aliphatic heterocycles. The van der Waals surface area contributed by atoms with Gasteiger partial charge < -0.3 is 15.2 Å². The number of anilines is 1. The van der Waals surface area contributed by atoms with Crippen molar-refractivity contribution < 1.29 is 9.47 Å². The van der Waals surface area contributed by atoms with Crippen molar-refractivity contribution >= 4 is 17.1 Å². The van der Waals surface area contributed by atoms with Crippen molar-refractivity contribution in [2.75, 3.05) is 12.3 Å². The standard InChI is InChI=1S/C15H21N5O3/c1-3-8-10-13(23-15(8,4-2)5-6-22-10)20-7-17-9-11(20)18-14(16)19-12(9)21/h7-8,10,13H,3-6H2,1-2H3,(H3,16,18,19,21)/t8?,10-,13+,15-/m0/s1. The SMILES string of the molecule is CCC1[C@@H]2OCC[C@]1(CC)O[C@H]2n1cnc2c(=O)[nH]c(N)nc21. The van der Waals surface area contributed by atoms with E-state index in [9.17, 15) is 4.79 Å². The fraction of sp³-hybridized carbons (Fsp3) is 0.667. The van der Waals surface area contributed by atoms with Gasteiger partial charge in [0.2, 0.25) is 5.95 Å². The predicted octanol–water partition coefficient (Wildman–Crippen LogP) is 1.19. The maximum absolute atomic E-state index is 12.0. The molecule has 2 saturated heterocycles. The van der Waals surface area contributed by atoms with E-state index in [-0.39, 0.29) is 35.0 Å². The highest BCUT2D eigenvalue weighted by Crippen LogP contribution is 2.51. The zero-order valence-corrected chi connectivity index (χ0v) is 13.3. The molecule has 2 aliphatic rings. The topological polar surface area (TPSA) is 108 Å². The Kier molecular flexibility index (Phi) is 3.21. The van der Waals surface area contributed by atoms with Gasteiger partial charge in [0.15, 0.2) is 17.4 Å². The Balaban J connectivity index is 1.84. The summed E-state index contributed by atoms with van der Waals surface area (Å²) in [7, 11) is 0. The summed E-state index contributed by atoms with van der Waals surface area (Å²) in [6.45, 7) is 5.00. The average molecular weight is 319 g/mol. The molecule has 0 aromatic carbocycles. The summed E-state index contributed by atoms with van der Waals surface area (Å²) in [6.07, 6.45) is 4.01. The minimum atomic E-state index is -0.342. The Hall–Kier alpha value is -1.93. The lowest BCUT2D eigenvalue weighted by Crippen LogP contribution is -2.43. The maximum atomic E-state index is 12.0. The van der Waals surface area contributed by atoms with Gasteiger partial charge >= 0.3 is 0 Å². The molecule has 0 aliphatic carbocycles. The van der Waals surface area contributed by atoms with E-state index in [2.05, 4.69) is 28.8 Å². The summed E-state index contributed by atoms with van der Waals surface area (Å²) in [6, 6.07) is 0. The summed E-state index contributed by atoms with van der Waals surface area (Å²) in [5, 5.41) is 0. The van der Waals surface area contributed by atoms with Crippen molar-refractivity contribution in [2.24, 2.45) is 5.92 Å². The van der Waals surface area contributed by atoms with E-state index in [0.29, 0.717) is 18.2 Å². The van der Waals surface area contributed by atoms with Gasteiger partial charge in [-0.1, -0.05) is 13.8 Å². The monoisotopic (exact) mass is 319 g/mol. The van der Waals surface area contributed by atoms with Crippen LogP contribution in [0.15, 0.2) is 11.1 Å². The van der Waals surface area contributed by atoms with Crippen LogP contribution in [0.25, 0.3) is 11.2 Å². The van der Waals surface area contributed by atoms with E-state index in [1.54, 1.807) is 10.9 Å². The molecule has 4 atom stereocenters. The number of imidazole rings is 1. The van der Waals surface area contributed by atoms with Gasteiger partial charge in [0.1, 0.15) is 6.10 Å². The molecule has 124 valence electrons. The van der Waals surface area contributed by atoms with Crippen LogP contribution in [0.2, 0.25) is 0 Å². The fourth-order valence-electron chi connectivity index (χ4n) is 4.17. The van der Waals surface area contributed by atoms with E-state index in [1.807, 2.05) is 0 Å². The van der Waals surface area contributed by atoms with Crippen LogP contribution in [0.5, 0.6) is 0 Å². The normalized spacial score (nSPS) is 33.4. The molecule has 2 aromatic heterocycles. The van der Waals surface area contributed by atoms with Crippen LogP contribution < -0.4 is 11.3 Å². The maximum Gasteiger partial charge on any atom is 0.280 e. The number of aromatic nitrogens is 4. The Morgan fingerprint density at radius 3 is 3.04 bits per heavy atom. The minimum absolute atomic E-state index is 0.0617. The Morgan fingerprint density at radius 1 is 1.52 bits per heavy atom. The predicted molar refractivity (Wildman–Crippen MR) is 83.8 cm³/mol. The highest BCUT2D eigenvalue weighted by atomic mass is 16.6. The van der Waals surface area contributed by atoms with Crippen molar-refractivity contribution in [3.63, 3.8) is 0 Å². The molecule has 4 heterocycles. The molecule has 0 spiro atoms. The van der Waals surface area contributed by atoms with Gasteiger partial charge in [-0.3, -0.25) is 14.3 Å². The van der Waals surface area contributed by atoms with Crippen molar-refractivity contribution in [2.45, 2.75) is 51.0 Å². The summed E-state index contributed by atoms with van der Waals surface area (Å²) >= 11 is 0. The van der Waals surface area contributed by atoms with Crippen LogP contribution in [0.4, 0.5) is 5.95 Å². The third-order valence-electron chi connectivity index (χ3n) is 5.31. The van der Waals surface area contributed by atoms with Gasteiger partial charge in [-0.05, 0) is 12.8 Å². The number of fused-ring (bicyclic) bond motifs is 3. The molecule has 0 amide bonds. The first-order chi connectivity index (χ1) is 11.1. The number of ether oxygens (including phenoxy) is 2. The number of nitrogens with two attached hydrogens (primary N) is 1. The van der Waals surface area contributed by atoms with Crippen LogP contribution in [0.1, 0.15) is 39.3 Å². The lowest BCUT2D eigenvalue weighted by atomic mass is 9.78. The van der Waals surface area contributed by atoms with Crippen molar-refractivity contribution in [3.8, 4) is 0 Å². The number of hydrogen-bond donors (Lipinski definition) is 2. The largest absolute Gasteiger partial charge is 0.373 e. The van der Waals surface area contributed by atoms with E-state index in [4.69, 9.17) is 15.2 Å². The highest BCUT2D eigenvalue weighted by molar-refractivity contribution is 5.70. The molecule has 0 saturated carbocycles. The zero-order chi connectivity index (χ0) is 16.2. The van der Waals surface area contributed by atoms with Crippen LogP contribution in [-0.4, -0.2) is 37.8 Å². The zero-order valence-electron chi connectivity index (χ0n) is 13.3. The van der Waals surface area contributed by atoms with Gasteiger partial charge in [0, 0.05) is 18.9 Å². The first-order valence-corrected chi connectivity index (χ1v) is 8.11. The fourth-order valence-corrected chi connectivity index (χ4v) is 4.17. The van der Waals surface area contributed by atoms with Gasteiger partial charge in [-0.15, -0.1) is 0 Å². The van der Waals surface area contributed by atoms with Gasteiger partial charge in [-0.25, -0.2) is 4.98 Å². The van der Waals surface area contributed by atoms with Gasteiger partial charge in [0.05, 0.1) is 11.9 Å². The first kappa shape index (κ1) is 14.6. The Bertz CT molecular complexity index is 800. The lowest BCUT2D eigenvalue weighted by molar-refractivity contribution is -0.0901. The third-order valence-corrected chi connectivity index (χ3v) is 5.31. The second kappa shape index (κ2) is 5.04. The van der Waals surface area contributed by atoms with Crippen LogP contribution in [-0.2, 0) is 9.47 Å². The second-order valence-corrected chi connectivity index (χ2v) is 6.30. The van der Waals surface area contributed by atoms with Crippen LogP contribution >= 0.6 is 0 Å². The van der Waals surface area contributed by atoms with Crippen LogP contribution in [0, 0.1) is 5.92 Å². The molecule has 23 heavy (non-hydrogen) atoms. The molecule has 8 nitrogen and oxygen atoms in total. The van der Waals surface area contributed by atoms with Gasteiger partial charge in [0.25, 0.3) is 5.56 Å². The van der Waals surface area contributed by atoms with E-state index in [0.717, 1.165) is 19.3 Å². The Morgan fingerprint density at radius 2 is 2.35 bits per heavy atom. The molecule has 2 bridgehead atoms. The quantitative estimate of drug-likeness (QED) is 0.880. The number of H-pyrrole nitrogens is 1. The average Bonchev–Trinajstić information content (AvgIpc) is 3.02. The first-order valence-electron chi connectivity index (χ1n) is 8.11. The molecule has 2 aromatic rings. The third kappa shape index (κ3) is 1.94. The van der Waals surface area contributed by atoms with Crippen LogP contribution in [0.3, 0.4) is 0 Å². The number of hydrogen-bond acceptors (Lipinski definition) is 6. The summed E-state index contributed by atoms with van der Waals surface area (Å²) < 4.78 is 14.3. The molecule has 8 heteroatoms. The second-order valence-electron chi connectivity index (χ2n) is 6.30. The summed E-state index contributed by atoms with van der Waals surface area (Å²) in [5.74, 6) is 0.395. The molecule has 3 N–H and O–H groups in total. The molecule has 0 radical (unpaired) electrons. The molecular weight excluding hydrogens is 298 g/mol. The molecule has 1 unspecified atom stereocenters. The summed E-state index contributed by atoms with van der Waals surface area (Å²) in [5.41, 5.74) is 5.87. The van der Waals surface area contributed by atoms with Crippen molar-refractivity contribution in [1.29, 1.82) is 0 Å². The summed E-state index contributed by atoms with van der Waals surface area (Å²) in [4.78, 5) is 22.9. The Labute approximate surface area is 133 Å². The minimum Gasteiger partial charge on any atom is -0.373 e. The number of aromatic amines is 1. The molecular formula is C15H21N5O3. The number of nitrogen functional groups attached to an aromatic ring is 1.